The number of hydrogen-bond acceptors (Lipinski definition) is 3. The summed E-state index contributed by atoms with van der Waals surface area (Å²) in [6, 6.07) is 0. The number of nitrogens with one attached hydrogen (secondary N) is 1. The highest BCUT2D eigenvalue weighted by Crippen LogP contribution is 2.13. The fraction of sp³-hybridized carbons (Fsp3) is 1.00. The number of quaternary nitrogens is 1. The zero-order chi connectivity index (χ0) is 13.2. The van der Waals surface area contributed by atoms with E-state index in [1.807, 2.05) is 20.8 Å². The van der Waals surface area contributed by atoms with Crippen molar-refractivity contribution in [2.45, 2.75) is 26.1 Å². The van der Waals surface area contributed by atoms with Crippen LogP contribution in [0.25, 0.3) is 0 Å². The van der Waals surface area contributed by atoms with Crippen LogP contribution in [0.3, 0.4) is 0 Å². The minimum Gasteiger partial charge on any atom is -0.379 e. The summed E-state index contributed by atoms with van der Waals surface area (Å²) >= 11 is 0. The van der Waals surface area contributed by atoms with Gasteiger partial charge in [0.25, 0.3) is 0 Å². The number of nitrogens with zero attached hydrogens (tertiary/aromatic N) is 1. The summed E-state index contributed by atoms with van der Waals surface area (Å²) in [5.74, 6) is 0. The molecule has 0 saturated carbocycles. The molecule has 0 aromatic heterocycles. The van der Waals surface area contributed by atoms with Crippen LogP contribution in [0.4, 0.5) is 0 Å². The van der Waals surface area contributed by atoms with Gasteiger partial charge < -0.3 is 20.7 Å². The molecule has 4 nitrogen and oxygen atoms in total. The largest absolute Gasteiger partial charge is 0.379 e. The highest BCUT2D eigenvalue weighted by Gasteiger charge is 1.95. The van der Waals surface area contributed by atoms with Crippen molar-refractivity contribution in [2.24, 2.45) is 0 Å². The first kappa shape index (κ1) is 36.9. The Hall–Kier alpha value is 0.0997. The first-order chi connectivity index (χ1) is 7.00. The lowest BCUT2D eigenvalue weighted by atomic mass is 9.75. The summed E-state index contributed by atoms with van der Waals surface area (Å²) in [6.45, 7) is 9.73. The third-order valence-corrected chi connectivity index (χ3v) is 0.846. The maximum atomic E-state index is 5.35. The van der Waals surface area contributed by atoms with Gasteiger partial charge in [-0.3, -0.25) is 0 Å². The fourth-order valence-corrected chi connectivity index (χ4v) is 0.516. The summed E-state index contributed by atoms with van der Waals surface area (Å²) in [4.78, 5) is 0. The summed E-state index contributed by atoms with van der Waals surface area (Å²) < 4.78 is 6.01. The van der Waals surface area contributed by atoms with E-state index in [1.54, 1.807) is 0 Å². The van der Waals surface area contributed by atoms with Crippen LogP contribution in [0.15, 0.2) is 0 Å². The second-order valence-electron chi connectivity index (χ2n) is 6.41. The minimum absolute atomic E-state index is 0. The van der Waals surface area contributed by atoms with Crippen LogP contribution < -0.4 is 11.5 Å². The molecule has 0 aromatic rings. The second kappa shape index (κ2) is 19.1. The lowest BCUT2D eigenvalue weighted by Gasteiger charge is -2.14. The van der Waals surface area contributed by atoms with Gasteiger partial charge in [0.05, 0.1) is 49.3 Å². The Bertz CT molecular complexity index is 122. The average Bonchev–Trinajstić information content (AvgIpc) is 2.01. The summed E-state index contributed by atoms with van der Waals surface area (Å²) in [7, 11) is 13.9. The normalized spacial score (nSPS) is 13.2. The van der Waals surface area contributed by atoms with Crippen molar-refractivity contribution < 1.29 is 9.22 Å². The van der Waals surface area contributed by atoms with E-state index in [-0.39, 0.29) is 36.7 Å². The van der Waals surface area contributed by atoms with E-state index in [1.165, 1.54) is 0 Å². The van der Waals surface area contributed by atoms with Gasteiger partial charge in [-0.15, -0.1) is 0 Å². The van der Waals surface area contributed by atoms with Crippen LogP contribution in [0.5, 0.6) is 0 Å². The first-order valence-electron chi connectivity index (χ1n) is 5.86. The van der Waals surface area contributed by atoms with Crippen molar-refractivity contribution in [2.75, 3.05) is 54.5 Å². The molecule has 0 amide bonds. The number of ether oxygens (including phenoxy) is 1. The SMILES string of the molecule is C1COCCN1.C[N+](C)(C)C.N.[B].[B].[B].[B]C(C)(C)C. The molecule has 1 rings (SSSR count). The minimum atomic E-state index is 0. The standard InChI is InChI=1S/C4H9B.C4H9NO.C4H12N.3B.H3N/c1-4(2,3)5;1-3-6-4-2-5-1;1-5(2,3)4;;;;/h1-3H3;5H,1-4H2;1-4H3;;;;1H3/q;;+1;;;;. The lowest BCUT2D eigenvalue weighted by Crippen LogP contribution is -2.30. The topological polar surface area (TPSA) is 56.3 Å². The van der Waals surface area contributed by atoms with E-state index >= 15 is 0 Å². The van der Waals surface area contributed by atoms with Crippen molar-refractivity contribution >= 4 is 33.1 Å². The van der Waals surface area contributed by atoms with Crippen LogP contribution in [0, 0.1) is 0 Å². The van der Waals surface area contributed by atoms with Gasteiger partial charge >= 0.3 is 0 Å². The number of morpholine rings is 1. The Kier molecular flexibility index (Phi) is 35.2. The molecule has 4 N–H and O–H groups in total. The maximum Gasteiger partial charge on any atom is 0.0735 e. The molecule has 1 heterocycles. The predicted octanol–water partition coefficient (Wildman–Crippen LogP) is 0.322. The fourth-order valence-electron chi connectivity index (χ4n) is 0.516. The van der Waals surface area contributed by atoms with Gasteiger partial charge in [-0.25, -0.2) is 0 Å². The third-order valence-electron chi connectivity index (χ3n) is 0.846. The highest BCUT2D eigenvalue weighted by atomic mass is 16.5. The van der Waals surface area contributed by atoms with Crippen molar-refractivity contribution in [3.63, 3.8) is 0 Å². The van der Waals surface area contributed by atoms with Crippen LogP contribution in [-0.2, 0) is 4.74 Å². The van der Waals surface area contributed by atoms with E-state index in [9.17, 15) is 0 Å². The average molecular weight is 279 g/mol. The first-order valence-corrected chi connectivity index (χ1v) is 5.86. The second-order valence-corrected chi connectivity index (χ2v) is 6.41. The zero-order valence-electron chi connectivity index (χ0n) is 14.7. The molecule has 0 spiro atoms. The van der Waals surface area contributed by atoms with E-state index in [4.69, 9.17) is 12.6 Å². The van der Waals surface area contributed by atoms with Gasteiger partial charge in [0.15, 0.2) is 0 Å². The molecule has 0 atom stereocenters. The van der Waals surface area contributed by atoms with E-state index in [0.717, 1.165) is 30.8 Å². The molecule has 1 fully saturated rings. The van der Waals surface area contributed by atoms with Crippen LogP contribution in [0.1, 0.15) is 20.8 Å². The highest BCUT2D eigenvalue weighted by molar-refractivity contribution is 6.14. The van der Waals surface area contributed by atoms with Gasteiger partial charge in [-0.2, -0.15) is 0 Å². The Morgan fingerprint density at radius 2 is 1.10 bits per heavy atom. The van der Waals surface area contributed by atoms with Crippen LogP contribution >= 0.6 is 0 Å². The molecular weight excluding hydrogens is 245 g/mol. The van der Waals surface area contributed by atoms with Crippen molar-refractivity contribution in [1.29, 1.82) is 0 Å². The smallest absolute Gasteiger partial charge is 0.0735 e. The van der Waals surface area contributed by atoms with E-state index in [2.05, 4.69) is 33.5 Å². The molecule has 0 unspecified atom stereocenters. The summed E-state index contributed by atoms with van der Waals surface area (Å²) in [6.07, 6.45) is 0. The quantitative estimate of drug-likeness (QED) is 0.496. The molecule has 0 aromatic carbocycles. The van der Waals surface area contributed by atoms with Gasteiger partial charge in [0.1, 0.15) is 0 Å². The molecule has 1 aliphatic heterocycles. The van der Waals surface area contributed by atoms with Gasteiger partial charge in [0.2, 0.25) is 0 Å². The molecule has 113 valence electrons. The number of rotatable bonds is 0. The van der Waals surface area contributed by atoms with E-state index in [0.29, 0.717) is 0 Å². The van der Waals surface area contributed by atoms with Crippen molar-refractivity contribution in [3.8, 4) is 0 Å². The molecule has 8 heteroatoms. The van der Waals surface area contributed by atoms with Gasteiger partial charge in [-0.1, -0.05) is 26.1 Å². The third kappa shape index (κ3) is 142. The lowest BCUT2D eigenvalue weighted by molar-refractivity contribution is -0.849. The molecule has 0 bridgehead atoms. The van der Waals surface area contributed by atoms with Crippen molar-refractivity contribution in [1.82, 2.24) is 11.5 Å². The molecular formula is C12H33B4N3O+. The zero-order valence-corrected chi connectivity index (χ0v) is 14.7. The Morgan fingerprint density at radius 3 is 1.15 bits per heavy atom. The summed E-state index contributed by atoms with van der Waals surface area (Å²) in [5.41, 5.74) is 0. The van der Waals surface area contributed by atoms with Crippen LogP contribution in [-0.4, -0.2) is 92.1 Å². The Morgan fingerprint density at radius 1 is 0.900 bits per heavy atom. The predicted molar refractivity (Wildman–Crippen MR) is 95.4 cm³/mol. The molecule has 0 aliphatic carbocycles. The molecule has 11 radical (unpaired) electrons. The number of hydrogen-bond donors (Lipinski definition) is 2. The molecule has 20 heavy (non-hydrogen) atoms. The summed E-state index contributed by atoms with van der Waals surface area (Å²) in [5, 5.41) is 3.16. The van der Waals surface area contributed by atoms with Gasteiger partial charge in [0, 0.05) is 38.3 Å². The van der Waals surface area contributed by atoms with Crippen molar-refractivity contribution in [3.05, 3.63) is 0 Å². The van der Waals surface area contributed by atoms with Crippen LogP contribution in [0.2, 0.25) is 5.31 Å². The molecule has 1 saturated heterocycles. The van der Waals surface area contributed by atoms with E-state index < -0.39 is 0 Å². The monoisotopic (exact) mass is 279 g/mol. The maximum absolute atomic E-state index is 5.35. The van der Waals surface area contributed by atoms with Gasteiger partial charge in [-0.05, 0) is 0 Å². The Labute approximate surface area is 135 Å². The Balaban J connectivity index is -0.0000000337. The molecule has 1 aliphatic rings.